The Bertz CT molecular complexity index is 689. The molecule has 0 unspecified atom stereocenters. The van der Waals surface area contributed by atoms with Gasteiger partial charge in [-0.1, -0.05) is 47.5 Å². The van der Waals surface area contributed by atoms with Gasteiger partial charge < -0.3 is 9.84 Å². The van der Waals surface area contributed by atoms with Gasteiger partial charge in [0, 0.05) is 5.92 Å². The Kier molecular flexibility index (Phi) is 3.23. The van der Waals surface area contributed by atoms with E-state index in [1.54, 1.807) is 0 Å². The van der Waals surface area contributed by atoms with E-state index in [1.807, 2.05) is 0 Å². The predicted octanol–water partition coefficient (Wildman–Crippen LogP) is 4.29. The van der Waals surface area contributed by atoms with Crippen molar-refractivity contribution in [1.29, 1.82) is 0 Å². The molecule has 0 bridgehead atoms. The fourth-order valence-corrected chi connectivity index (χ4v) is 4.10. The molecule has 1 fully saturated rings. The van der Waals surface area contributed by atoms with E-state index in [0.717, 1.165) is 18.6 Å². The van der Waals surface area contributed by atoms with Gasteiger partial charge in [0.2, 0.25) is 0 Å². The van der Waals surface area contributed by atoms with E-state index in [1.165, 1.54) is 22.3 Å². The Morgan fingerprint density at radius 2 is 1.68 bits per heavy atom. The highest BCUT2D eigenvalue weighted by atomic mass is 16.5. The van der Waals surface area contributed by atoms with Crippen LogP contribution in [0.4, 0.5) is 0 Å². The molecule has 0 aromatic heterocycles. The van der Waals surface area contributed by atoms with Gasteiger partial charge in [0.05, 0.1) is 6.10 Å². The lowest BCUT2D eigenvalue weighted by atomic mass is 9.79. The van der Waals surface area contributed by atoms with Gasteiger partial charge >= 0.3 is 0 Å². The molecule has 0 radical (unpaired) electrons. The summed E-state index contributed by atoms with van der Waals surface area (Å²) in [5, 5.41) is 10.2. The van der Waals surface area contributed by atoms with Crippen LogP contribution >= 0.6 is 0 Å². The van der Waals surface area contributed by atoms with E-state index in [2.05, 4.69) is 56.3 Å². The molecule has 1 aliphatic heterocycles. The molecule has 0 saturated heterocycles. The molecule has 2 aromatic carbocycles. The Morgan fingerprint density at radius 3 is 2.45 bits per heavy atom. The van der Waals surface area contributed by atoms with Gasteiger partial charge in [-0.3, -0.25) is 0 Å². The lowest BCUT2D eigenvalue weighted by molar-refractivity contribution is 0.0962. The van der Waals surface area contributed by atoms with Gasteiger partial charge in [-0.2, -0.15) is 0 Å². The van der Waals surface area contributed by atoms with Gasteiger partial charge in [0.1, 0.15) is 11.9 Å². The third-order valence-electron chi connectivity index (χ3n) is 5.20. The van der Waals surface area contributed by atoms with Crippen molar-refractivity contribution < 1.29 is 9.84 Å². The Balaban J connectivity index is 1.78. The van der Waals surface area contributed by atoms with E-state index >= 15 is 0 Å². The average Bonchev–Trinajstić information content (AvgIpc) is 2.89. The third-order valence-corrected chi connectivity index (χ3v) is 5.20. The number of rotatable bonds is 1. The van der Waals surface area contributed by atoms with Crippen LogP contribution in [0.3, 0.4) is 0 Å². The lowest BCUT2D eigenvalue weighted by Crippen LogP contribution is -2.26. The molecule has 114 valence electrons. The van der Waals surface area contributed by atoms with Gasteiger partial charge in [0.25, 0.3) is 0 Å². The highest BCUT2D eigenvalue weighted by molar-refractivity contribution is 5.44. The number of hydrogen-bond donors (Lipinski definition) is 1. The first-order valence-electron chi connectivity index (χ1n) is 8.13. The summed E-state index contributed by atoms with van der Waals surface area (Å²) in [6.07, 6.45) is 1.53. The number of fused-ring (bicyclic) bond motifs is 3. The molecule has 2 heteroatoms. The van der Waals surface area contributed by atoms with Crippen LogP contribution < -0.4 is 4.74 Å². The van der Waals surface area contributed by atoms with Crippen molar-refractivity contribution in [3.63, 3.8) is 0 Å². The molecule has 2 nitrogen and oxygen atoms in total. The predicted molar refractivity (Wildman–Crippen MR) is 87.2 cm³/mol. The van der Waals surface area contributed by atoms with Crippen molar-refractivity contribution in [2.75, 3.05) is 0 Å². The van der Waals surface area contributed by atoms with Crippen molar-refractivity contribution in [3.8, 4) is 5.75 Å². The molecule has 2 aliphatic rings. The normalized spacial score (nSPS) is 29.6. The fourth-order valence-electron chi connectivity index (χ4n) is 4.10. The highest BCUT2D eigenvalue weighted by Gasteiger charge is 2.45. The van der Waals surface area contributed by atoms with Crippen molar-refractivity contribution in [2.45, 2.75) is 44.8 Å². The van der Waals surface area contributed by atoms with Crippen LogP contribution in [0.5, 0.6) is 5.75 Å². The van der Waals surface area contributed by atoms with E-state index in [9.17, 15) is 5.11 Å². The minimum atomic E-state index is -0.210. The highest BCUT2D eigenvalue weighted by Crippen LogP contribution is 2.53. The lowest BCUT2D eigenvalue weighted by Gasteiger charge is -2.36. The topological polar surface area (TPSA) is 29.5 Å². The van der Waals surface area contributed by atoms with E-state index in [4.69, 9.17) is 4.74 Å². The van der Waals surface area contributed by atoms with Crippen LogP contribution in [0.15, 0.2) is 42.5 Å². The molecule has 0 amide bonds. The van der Waals surface area contributed by atoms with Crippen LogP contribution in [0.1, 0.15) is 47.1 Å². The average molecular weight is 294 g/mol. The largest absolute Gasteiger partial charge is 0.485 e. The van der Waals surface area contributed by atoms with Gasteiger partial charge in [-0.25, -0.2) is 0 Å². The molecule has 1 aliphatic carbocycles. The first kappa shape index (κ1) is 13.8. The summed E-state index contributed by atoms with van der Waals surface area (Å²) in [7, 11) is 0. The van der Waals surface area contributed by atoms with Gasteiger partial charge in [0.15, 0.2) is 0 Å². The molecule has 1 heterocycles. The molecule has 2 aromatic rings. The standard InChI is InChI=1S/C20H22O2/c1-12-3-6-14(7-4-12)20-18-11-15(21)10-16(18)17-9-13(2)5-8-19(17)22-20/h3-9,15-16,18,20-21H,10-11H2,1-2H3/t15-,16+,18+,20+/m0/s1. The van der Waals surface area contributed by atoms with Crippen LogP contribution in [-0.4, -0.2) is 11.2 Å². The second-order valence-corrected chi connectivity index (χ2v) is 6.89. The van der Waals surface area contributed by atoms with Crippen LogP contribution in [0, 0.1) is 19.8 Å². The van der Waals surface area contributed by atoms with Crippen molar-refractivity contribution in [2.24, 2.45) is 5.92 Å². The molecule has 0 spiro atoms. The van der Waals surface area contributed by atoms with Crippen LogP contribution in [0.25, 0.3) is 0 Å². The summed E-state index contributed by atoms with van der Waals surface area (Å²) in [6.45, 7) is 4.22. The molecule has 4 atom stereocenters. The maximum atomic E-state index is 10.2. The molecular formula is C20H22O2. The number of aryl methyl sites for hydroxylation is 2. The third kappa shape index (κ3) is 2.22. The zero-order chi connectivity index (χ0) is 15.3. The fraction of sp³-hybridized carbons (Fsp3) is 0.400. The molecule has 1 N–H and O–H groups in total. The number of benzene rings is 2. The SMILES string of the molecule is Cc1ccc([C@H]2Oc3ccc(C)cc3[C@H]3C[C@H](O)C[C@H]32)cc1. The van der Waals surface area contributed by atoms with Crippen molar-refractivity contribution >= 4 is 0 Å². The zero-order valence-electron chi connectivity index (χ0n) is 13.1. The number of aliphatic hydroxyl groups is 1. The van der Waals surface area contributed by atoms with Crippen LogP contribution in [0.2, 0.25) is 0 Å². The first-order chi connectivity index (χ1) is 10.6. The van der Waals surface area contributed by atoms with E-state index in [-0.39, 0.29) is 12.2 Å². The quantitative estimate of drug-likeness (QED) is 0.850. The summed E-state index contributed by atoms with van der Waals surface area (Å²) in [6, 6.07) is 15.1. The van der Waals surface area contributed by atoms with E-state index < -0.39 is 0 Å². The minimum absolute atomic E-state index is 0.0537. The zero-order valence-corrected chi connectivity index (χ0v) is 13.1. The van der Waals surface area contributed by atoms with Crippen molar-refractivity contribution in [3.05, 3.63) is 64.7 Å². The summed E-state index contributed by atoms with van der Waals surface area (Å²) in [4.78, 5) is 0. The van der Waals surface area contributed by atoms with Gasteiger partial charge in [-0.15, -0.1) is 0 Å². The Morgan fingerprint density at radius 1 is 0.955 bits per heavy atom. The molecule has 4 rings (SSSR count). The molecule has 1 saturated carbocycles. The van der Waals surface area contributed by atoms with Crippen LogP contribution in [-0.2, 0) is 0 Å². The monoisotopic (exact) mass is 294 g/mol. The van der Waals surface area contributed by atoms with E-state index in [0.29, 0.717) is 11.8 Å². The van der Waals surface area contributed by atoms with Gasteiger partial charge in [-0.05, 0) is 49.8 Å². The second-order valence-electron chi connectivity index (χ2n) is 6.89. The summed E-state index contributed by atoms with van der Waals surface area (Å²) >= 11 is 0. The summed E-state index contributed by atoms with van der Waals surface area (Å²) in [5.41, 5.74) is 5.03. The number of aliphatic hydroxyl groups excluding tert-OH is 1. The molecule has 22 heavy (non-hydrogen) atoms. The maximum absolute atomic E-state index is 10.2. The summed E-state index contributed by atoms with van der Waals surface area (Å²) < 4.78 is 6.36. The molecular weight excluding hydrogens is 272 g/mol. The number of ether oxygens (including phenoxy) is 1. The smallest absolute Gasteiger partial charge is 0.127 e. The van der Waals surface area contributed by atoms with Crippen molar-refractivity contribution in [1.82, 2.24) is 0 Å². The second kappa shape index (κ2) is 5.13. The first-order valence-corrected chi connectivity index (χ1v) is 8.13. The maximum Gasteiger partial charge on any atom is 0.127 e. The Hall–Kier alpha value is -1.80. The number of hydrogen-bond acceptors (Lipinski definition) is 2. The minimum Gasteiger partial charge on any atom is -0.485 e. The summed E-state index contributed by atoms with van der Waals surface area (Å²) in [5.74, 6) is 1.77. The Labute approximate surface area is 131 Å².